The van der Waals surface area contributed by atoms with E-state index in [1.54, 1.807) is 31.2 Å². The molecule has 0 saturated heterocycles. The van der Waals surface area contributed by atoms with E-state index >= 15 is 0 Å². The Hall–Kier alpha value is -2.63. The summed E-state index contributed by atoms with van der Waals surface area (Å²) in [5.74, 6) is -0.455. The molecular weight excluding hydrogens is 443 g/mol. The van der Waals surface area contributed by atoms with Crippen LogP contribution in [0.5, 0.6) is 0 Å². The minimum Gasteiger partial charge on any atom is -0.352 e. The van der Waals surface area contributed by atoms with Crippen LogP contribution in [0.25, 0.3) is 0 Å². The van der Waals surface area contributed by atoms with Crippen LogP contribution in [0.1, 0.15) is 49.5 Å². The van der Waals surface area contributed by atoms with E-state index < -0.39 is 0 Å². The van der Waals surface area contributed by atoms with Gasteiger partial charge in [0.1, 0.15) is 5.82 Å². The van der Waals surface area contributed by atoms with Crippen LogP contribution >= 0.6 is 23.4 Å². The highest BCUT2D eigenvalue weighted by atomic mass is 35.5. The van der Waals surface area contributed by atoms with Gasteiger partial charge in [0, 0.05) is 38.1 Å². The fraction of sp³-hybridized carbons (Fsp3) is 0.231. The SMILES string of the molecule is C/C=C/C(=C\C=C(/C)Cl)C1=Nc2cc(C(=O)NCCCC)ccc2Sc2ccc(F)cc21. The first-order valence-electron chi connectivity index (χ1n) is 10.6. The summed E-state index contributed by atoms with van der Waals surface area (Å²) in [4.78, 5) is 19.3. The molecule has 0 aliphatic carbocycles. The fourth-order valence-corrected chi connectivity index (χ4v) is 4.25. The Bertz CT molecular complexity index is 1130. The Balaban J connectivity index is 2.15. The molecule has 1 aliphatic rings. The number of hydrogen-bond acceptors (Lipinski definition) is 3. The highest BCUT2D eigenvalue weighted by Crippen LogP contribution is 2.42. The van der Waals surface area contributed by atoms with Gasteiger partial charge in [-0.2, -0.15) is 0 Å². The average Bonchev–Trinajstić information content (AvgIpc) is 2.92. The van der Waals surface area contributed by atoms with Gasteiger partial charge in [0.15, 0.2) is 0 Å². The summed E-state index contributed by atoms with van der Waals surface area (Å²) in [5.41, 5.74) is 3.35. The van der Waals surface area contributed by atoms with Crippen LogP contribution < -0.4 is 5.32 Å². The average molecular weight is 469 g/mol. The molecule has 1 heterocycles. The number of carbonyl (C=O) groups is 1. The van der Waals surface area contributed by atoms with Gasteiger partial charge >= 0.3 is 0 Å². The molecule has 0 radical (unpaired) electrons. The smallest absolute Gasteiger partial charge is 0.251 e. The van der Waals surface area contributed by atoms with Crippen molar-refractivity contribution in [1.82, 2.24) is 5.32 Å². The van der Waals surface area contributed by atoms with E-state index in [-0.39, 0.29) is 11.7 Å². The highest BCUT2D eigenvalue weighted by Gasteiger charge is 2.21. The number of nitrogens with one attached hydrogen (secondary N) is 1. The topological polar surface area (TPSA) is 41.5 Å². The molecule has 0 saturated carbocycles. The van der Waals surface area contributed by atoms with E-state index in [2.05, 4.69) is 12.2 Å². The van der Waals surface area contributed by atoms with Crippen LogP contribution in [-0.2, 0) is 0 Å². The summed E-state index contributed by atoms with van der Waals surface area (Å²) in [6.07, 6.45) is 9.42. The first kappa shape index (κ1) is 24.0. The number of amides is 1. The molecule has 0 bridgehead atoms. The van der Waals surface area contributed by atoms with Gasteiger partial charge in [-0.25, -0.2) is 9.38 Å². The van der Waals surface area contributed by atoms with Gasteiger partial charge in [-0.1, -0.05) is 54.9 Å². The number of halogens is 2. The number of nitrogens with zero attached hydrogens (tertiary/aromatic N) is 1. The summed E-state index contributed by atoms with van der Waals surface area (Å²) in [7, 11) is 0. The molecule has 32 heavy (non-hydrogen) atoms. The number of benzene rings is 2. The normalized spacial score (nSPS) is 14.0. The maximum absolute atomic E-state index is 14.2. The molecule has 3 nitrogen and oxygen atoms in total. The zero-order valence-corrected chi connectivity index (χ0v) is 20.0. The third kappa shape index (κ3) is 5.99. The number of fused-ring (bicyclic) bond motifs is 2. The molecule has 1 amide bonds. The van der Waals surface area contributed by atoms with Gasteiger partial charge in [0.25, 0.3) is 5.91 Å². The minimum absolute atomic E-state index is 0.124. The van der Waals surface area contributed by atoms with Crippen molar-refractivity contribution < 1.29 is 9.18 Å². The number of allylic oxidation sites excluding steroid dienone is 6. The van der Waals surface area contributed by atoms with Gasteiger partial charge in [-0.3, -0.25) is 4.79 Å². The first-order chi connectivity index (χ1) is 15.4. The summed E-state index contributed by atoms with van der Waals surface area (Å²) >= 11 is 7.56. The third-order valence-electron chi connectivity index (χ3n) is 4.80. The second-order valence-corrected chi connectivity index (χ2v) is 9.05. The monoisotopic (exact) mass is 468 g/mol. The Morgan fingerprint density at radius 1 is 1.19 bits per heavy atom. The highest BCUT2D eigenvalue weighted by molar-refractivity contribution is 7.99. The van der Waals surface area contributed by atoms with Crippen molar-refractivity contribution in [2.75, 3.05) is 6.54 Å². The quantitative estimate of drug-likeness (QED) is 0.336. The van der Waals surface area contributed by atoms with E-state index in [1.807, 2.05) is 31.2 Å². The zero-order chi connectivity index (χ0) is 23.1. The molecule has 0 fully saturated rings. The van der Waals surface area contributed by atoms with Crippen LogP contribution in [0, 0.1) is 5.82 Å². The lowest BCUT2D eigenvalue weighted by atomic mass is 10.0. The van der Waals surface area contributed by atoms with Crippen molar-refractivity contribution in [2.24, 2.45) is 4.99 Å². The standard InChI is InChI=1S/C26H26ClFN2OS/c1-4-6-14-29-26(31)19-10-12-24-22(15-19)30-25(18(7-5-2)9-8-17(3)27)21-16-20(28)11-13-23(21)32-24/h5,7-13,15-16H,4,6,14H2,1-3H3,(H,29,31)/b7-5+,17-8+,18-9+. The molecule has 0 atom stereocenters. The molecule has 1 aliphatic heterocycles. The van der Waals surface area contributed by atoms with Gasteiger partial charge in [0.05, 0.1) is 11.4 Å². The third-order valence-corrected chi connectivity index (χ3v) is 6.07. The van der Waals surface area contributed by atoms with Crippen LogP contribution in [0.4, 0.5) is 10.1 Å². The number of hydrogen-bond donors (Lipinski definition) is 1. The van der Waals surface area contributed by atoms with E-state index in [0.29, 0.717) is 34.1 Å². The number of rotatable bonds is 7. The Kier molecular flexibility index (Phi) is 8.48. The lowest BCUT2D eigenvalue weighted by Gasteiger charge is -2.10. The second-order valence-electron chi connectivity index (χ2n) is 7.37. The summed E-state index contributed by atoms with van der Waals surface area (Å²) < 4.78 is 14.2. The van der Waals surface area contributed by atoms with E-state index in [4.69, 9.17) is 16.6 Å². The van der Waals surface area contributed by atoms with Crippen molar-refractivity contribution in [3.63, 3.8) is 0 Å². The largest absolute Gasteiger partial charge is 0.352 e. The van der Waals surface area contributed by atoms with Crippen LogP contribution in [0.15, 0.2) is 86.1 Å². The van der Waals surface area contributed by atoms with Crippen molar-refractivity contribution >= 4 is 40.7 Å². The summed E-state index contributed by atoms with van der Waals surface area (Å²) in [6.45, 7) is 6.43. The minimum atomic E-state index is -0.331. The summed E-state index contributed by atoms with van der Waals surface area (Å²) in [6, 6.07) is 10.2. The number of unbranched alkanes of at least 4 members (excludes halogenated alkanes) is 1. The van der Waals surface area contributed by atoms with Crippen LogP contribution in [0.2, 0.25) is 0 Å². The molecular formula is C26H26ClFN2OS. The van der Waals surface area contributed by atoms with Crippen molar-refractivity contribution in [3.8, 4) is 0 Å². The molecule has 0 spiro atoms. The van der Waals surface area contributed by atoms with Gasteiger partial charge in [-0.05, 0) is 62.7 Å². The second kappa shape index (κ2) is 11.3. The molecule has 2 aromatic carbocycles. The molecule has 2 aromatic rings. The van der Waals surface area contributed by atoms with Crippen molar-refractivity contribution in [1.29, 1.82) is 0 Å². The predicted molar refractivity (Wildman–Crippen MR) is 133 cm³/mol. The lowest BCUT2D eigenvalue weighted by Crippen LogP contribution is -2.24. The molecule has 166 valence electrons. The van der Waals surface area contributed by atoms with Crippen molar-refractivity contribution in [2.45, 2.75) is 43.4 Å². The van der Waals surface area contributed by atoms with Crippen LogP contribution in [-0.4, -0.2) is 18.2 Å². The molecule has 6 heteroatoms. The van der Waals surface area contributed by atoms with Gasteiger partial charge in [-0.15, -0.1) is 0 Å². The summed E-state index contributed by atoms with van der Waals surface area (Å²) in [5, 5.41) is 3.57. The number of aliphatic imine (C=N–C) groups is 1. The fourth-order valence-electron chi connectivity index (χ4n) is 3.21. The van der Waals surface area contributed by atoms with Gasteiger partial charge in [0.2, 0.25) is 0 Å². The maximum Gasteiger partial charge on any atom is 0.251 e. The molecule has 0 aromatic heterocycles. The maximum atomic E-state index is 14.2. The molecule has 0 unspecified atom stereocenters. The van der Waals surface area contributed by atoms with Gasteiger partial charge < -0.3 is 5.32 Å². The Morgan fingerprint density at radius 2 is 1.97 bits per heavy atom. The Labute approximate surface area is 198 Å². The predicted octanol–water partition coefficient (Wildman–Crippen LogP) is 7.59. The first-order valence-corrected chi connectivity index (χ1v) is 11.8. The molecule has 3 rings (SSSR count). The van der Waals surface area contributed by atoms with E-state index in [9.17, 15) is 9.18 Å². The lowest BCUT2D eigenvalue weighted by molar-refractivity contribution is 0.0953. The van der Waals surface area contributed by atoms with Crippen LogP contribution in [0.3, 0.4) is 0 Å². The Morgan fingerprint density at radius 3 is 2.69 bits per heavy atom. The van der Waals surface area contributed by atoms with Crippen molar-refractivity contribution in [3.05, 3.63) is 88.3 Å². The number of carbonyl (C=O) groups excluding carboxylic acids is 1. The molecule has 1 N–H and O–H groups in total. The zero-order valence-electron chi connectivity index (χ0n) is 18.4. The van der Waals surface area contributed by atoms with E-state index in [0.717, 1.165) is 28.2 Å². The van der Waals surface area contributed by atoms with E-state index in [1.165, 1.54) is 23.9 Å².